The topological polar surface area (TPSA) is 18.5 Å². The zero-order chi connectivity index (χ0) is 15.2. The largest absolute Gasteiger partial charge is 0.632 e. The molecule has 2 nitrogen and oxygen atoms in total. The molecule has 1 aliphatic heterocycles. The Balaban J connectivity index is 1.95. The van der Waals surface area contributed by atoms with Crippen molar-refractivity contribution < 1.29 is 31.3 Å². The van der Waals surface area contributed by atoms with Crippen molar-refractivity contribution in [3.8, 4) is 11.5 Å². The number of alkyl halides is 3. The fraction of sp³-hybridized carbons (Fsp3) is 0.0769. The Bertz CT molecular complexity index is 670. The van der Waals surface area contributed by atoms with Gasteiger partial charge in [0.2, 0.25) is 0 Å². The maximum atomic E-state index is 13.5. The van der Waals surface area contributed by atoms with Gasteiger partial charge in [0, 0.05) is 5.46 Å². The van der Waals surface area contributed by atoms with Gasteiger partial charge in [-0.3, -0.25) is 0 Å². The van der Waals surface area contributed by atoms with Crippen molar-refractivity contribution in [1.29, 1.82) is 0 Å². The number of hydrogen-bond acceptors (Lipinski definition) is 2. The average Bonchev–Trinajstić information content (AvgIpc) is 2.89. The molecular formula is C13H6BF5O2. The molecule has 0 saturated heterocycles. The van der Waals surface area contributed by atoms with E-state index in [1.54, 1.807) is 0 Å². The van der Waals surface area contributed by atoms with Crippen LogP contribution >= 0.6 is 0 Å². The Labute approximate surface area is 116 Å². The molecule has 2 aromatic rings. The molecule has 0 amide bonds. The Hall–Kier alpha value is -2.25. The number of hydrogen-bond donors (Lipinski definition) is 0. The van der Waals surface area contributed by atoms with Crippen LogP contribution in [0.25, 0.3) is 0 Å². The van der Waals surface area contributed by atoms with Crippen molar-refractivity contribution in [2.45, 2.75) is 6.18 Å². The molecule has 0 fully saturated rings. The highest BCUT2D eigenvalue weighted by Gasteiger charge is 2.39. The van der Waals surface area contributed by atoms with Gasteiger partial charge in [0.05, 0.1) is 5.56 Å². The van der Waals surface area contributed by atoms with E-state index in [2.05, 4.69) is 0 Å². The zero-order valence-electron chi connectivity index (χ0n) is 10.2. The second-order valence-corrected chi connectivity index (χ2v) is 4.38. The van der Waals surface area contributed by atoms with E-state index in [9.17, 15) is 22.0 Å². The predicted octanol–water partition coefficient (Wildman–Crippen LogP) is 3.15. The number of rotatable bonds is 1. The third-order valence-corrected chi connectivity index (χ3v) is 2.95. The molecule has 0 N–H and O–H groups in total. The summed E-state index contributed by atoms with van der Waals surface area (Å²) in [5.41, 5.74) is -0.885. The Morgan fingerprint density at radius 3 is 1.95 bits per heavy atom. The number of fused-ring (bicyclic) bond motifs is 1. The van der Waals surface area contributed by atoms with E-state index >= 15 is 0 Å². The van der Waals surface area contributed by atoms with Crippen LogP contribution in [0.2, 0.25) is 0 Å². The van der Waals surface area contributed by atoms with Gasteiger partial charge in [0.15, 0.2) is 23.1 Å². The average molecular weight is 300 g/mol. The van der Waals surface area contributed by atoms with Gasteiger partial charge in [-0.05, 0) is 18.2 Å². The SMILES string of the molecule is Fc1ccc(F)c2c1OB(c1cccc(C(F)(F)F)c1)O2. The number of halogens is 5. The van der Waals surface area contributed by atoms with Gasteiger partial charge in [-0.1, -0.05) is 18.2 Å². The van der Waals surface area contributed by atoms with Gasteiger partial charge in [0.1, 0.15) is 0 Å². The molecular weight excluding hydrogens is 294 g/mol. The molecule has 2 aromatic carbocycles. The predicted molar refractivity (Wildman–Crippen MR) is 64.4 cm³/mol. The third kappa shape index (κ3) is 2.41. The van der Waals surface area contributed by atoms with Crippen LogP contribution in [0, 0.1) is 11.6 Å². The van der Waals surface area contributed by atoms with Gasteiger partial charge in [-0.2, -0.15) is 13.2 Å². The van der Waals surface area contributed by atoms with Gasteiger partial charge in [-0.15, -0.1) is 0 Å². The van der Waals surface area contributed by atoms with E-state index in [1.807, 2.05) is 0 Å². The summed E-state index contributed by atoms with van der Waals surface area (Å²) in [7, 11) is -1.33. The zero-order valence-corrected chi connectivity index (χ0v) is 10.2. The maximum absolute atomic E-state index is 13.5. The highest BCUT2D eigenvalue weighted by atomic mass is 19.4. The number of benzene rings is 2. The Morgan fingerprint density at radius 2 is 1.43 bits per heavy atom. The lowest BCUT2D eigenvalue weighted by atomic mass is 9.78. The van der Waals surface area contributed by atoms with Crippen LogP contribution < -0.4 is 14.8 Å². The van der Waals surface area contributed by atoms with E-state index in [-0.39, 0.29) is 5.46 Å². The fourth-order valence-corrected chi connectivity index (χ4v) is 1.97. The molecule has 0 unspecified atom stereocenters. The minimum Gasteiger partial charge on any atom is -0.517 e. The first-order valence-electron chi connectivity index (χ1n) is 5.85. The summed E-state index contributed by atoms with van der Waals surface area (Å²) in [5.74, 6) is -2.59. The minimum absolute atomic E-state index is 0.0137. The molecule has 0 bridgehead atoms. The molecule has 1 aliphatic rings. The van der Waals surface area contributed by atoms with Crippen LogP contribution in [0.1, 0.15) is 5.56 Å². The summed E-state index contributed by atoms with van der Waals surface area (Å²) in [4.78, 5) is 0. The smallest absolute Gasteiger partial charge is 0.517 e. The highest BCUT2D eigenvalue weighted by molar-refractivity contribution is 6.63. The summed E-state index contributed by atoms with van der Waals surface area (Å²) in [6, 6.07) is 5.89. The van der Waals surface area contributed by atoms with E-state index in [4.69, 9.17) is 9.31 Å². The minimum atomic E-state index is -4.53. The quantitative estimate of drug-likeness (QED) is 0.595. The fourth-order valence-electron chi connectivity index (χ4n) is 1.97. The van der Waals surface area contributed by atoms with Crippen LogP contribution in [0.5, 0.6) is 11.5 Å². The molecule has 3 rings (SSSR count). The summed E-state index contributed by atoms with van der Waals surface area (Å²) in [6.45, 7) is 0. The molecule has 108 valence electrons. The lowest BCUT2D eigenvalue weighted by Crippen LogP contribution is -2.39. The van der Waals surface area contributed by atoms with Crippen molar-refractivity contribution in [1.82, 2.24) is 0 Å². The second kappa shape index (κ2) is 4.65. The van der Waals surface area contributed by atoms with Crippen LogP contribution in [-0.4, -0.2) is 7.12 Å². The summed E-state index contributed by atoms with van der Waals surface area (Å²) in [5, 5.41) is 0. The molecule has 0 atom stereocenters. The highest BCUT2D eigenvalue weighted by Crippen LogP contribution is 2.38. The molecule has 0 radical (unpaired) electrons. The summed E-state index contributed by atoms with van der Waals surface area (Å²) < 4.78 is 75.0. The molecule has 0 aromatic heterocycles. The Morgan fingerprint density at radius 1 is 0.857 bits per heavy atom. The van der Waals surface area contributed by atoms with Crippen molar-refractivity contribution in [2.75, 3.05) is 0 Å². The van der Waals surface area contributed by atoms with Crippen molar-refractivity contribution in [3.63, 3.8) is 0 Å². The lowest BCUT2D eigenvalue weighted by Gasteiger charge is -2.09. The van der Waals surface area contributed by atoms with Crippen molar-refractivity contribution >= 4 is 12.6 Å². The molecule has 0 aliphatic carbocycles. The van der Waals surface area contributed by atoms with Crippen LogP contribution in [0.15, 0.2) is 36.4 Å². The first-order chi connectivity index (χ1) is 9.86. The lowest BCUT2D eigenvalue weighted by molar-refractivity contribution is -0.137. The normalized spacial score (nSPS) is 13.7. The molecule has 1 heterocycles. The molecule has 8 heteroatoms. The van der Waals surface area contributed by atoms with Gasteiger partial charge < -0.3 is 9.31 Å². The van der Waals surface area contributed by atoms with Crippen molar-refractivity contribution in [3.05, 3.63) is 53.6 Å². The van der Waals surface area contributed by atoms with E-state index in [0.717, 1.165) is 24.3 Å². The molecule has 21 heavy (non-hydrogen) atoms. The van der Waals surface area contributed by atoms with E-state index < -0.39 is 42.0 Å². The van der Waals surface area contributed by atoms with Gasteiger partial charge in [-0.25, -0.2) is 8.78 Å². The third-order valence-electron chi connectivity index (χ3n) is 2.95. The molecule has 0 saturated carbocycles. The Kier molecular flexibility index (Phi) is 3.04. The van der Waals surface area contributed by atoms with Crippen molar-refractivity contribution in [2.24, 2.45) is 0 Å². The first-order valence-corrected chi connectivity index (χ1v) is 5.85. The van der Waals surface area contributed by atoms with Gasteiger partial charge >= 0.3 is 13.3 Å². The van der Waals surface area contributed by atoms with Crippen LogP contribution in [0.4, 0.5) is 22.0 Å². The summed E-state index contributed by atoms with van der Waals surface area (Å²) >= 11 is 0. The second-order valence-electron chi connectivity index (χ2n) is 4.38. The van der Waals surface area contributed by atoms with E-state index in [0.29, 0.717) is 0 Å². The first kappa shape index (κ1) is 13.7. The standard InChI is InChI=1S/C13H6BF5O2/c15-9-4-5-10(16)12-11(9)20-14(21-12)8-3-1-2-7(6-8)13(17,18)19/h1-6H. The van der Waals surface area contributed by atoms with Gasteiger partial charge in [0.25, 0.3) is 0 Å². The summed E-state index contributed by atoms with van der Waals surface area (Å²) in [6.07, 6.45) is -4.53. The van der Waals surface area contributed by atoms with Crippen LogP contribution in [0.3, 0.4) is 0 Å². The monoisotopic (exact) mass is 300 g/mol. The maximum Gasteiger partial charge on any atom is 0.632 e. The van der Waals surface area contributed by atoms with Crippen LogP contribution in [-0.2, 0) is 6.18 Å². The molecule has 0 spiro atoms. The van der Waals surface area contributed by atoms with E-state index in [1.165, 1.54) is 12.1 Å².